The van der Waals surface area contributed by atoms with E-state index in [2.05, 4.69) is 4.99 Å². The van der Waals surface area contributed by atoms with Crippen molar-refractivity contribution in [2.75, 3.05) is 13.2 Å². The Morgan fingerprint density at radius 3 is 2.52 bits per heavy atom. The number of esters is 1. The van der Waals surface area contributed by atoms with Gasteiger partial charge in [0.2, 0.25) is 5.90 Å². The average Bonchev–Trinajstić information content (AvgIpc) is 3.27. The summed E-state index contributed by atoms with van der Waals surface area (Å²) < 4.78 is 53.4. The predicted octanol–water partition coefficient (Wildman–Crippen LogP) is 3.10. The molecule has 1 aliphatic rings. The van der Waals surface area contributed by atoms with Crippen molar-refractivity contribution in [3.63, 3.8) is 0 Å². The number of rotatable bonds is 5. The van der Waals surface area contributed by atoms with E-state index >= 15 is 0 Å². The highest BCUT2D eigenvalue weighted by molar-refractivity contribution is 5.94. The number of nitrogens with zero attached hydrogens (tertiary/aromatic N) is 1. The number of hydrogen-bond donors (Lipinski definition) is 0. The quantitative estimate of drug-likeness (QED) is 0.360. The van der Waals surface area contributed by atoms with Gasteiger partial charge >= 0.3 is 12.1 Å². The number of hydrogen-bond acceptors (Lipinski definition) is 5. The Morgan fingerprint density at radius 1 is 1.22 bits per heavy atom. The van der Waals surface area contributed by atoms with Crippen molar-refractivity contribution < 1.29 is 32.2 Å². The molecule has 126 valence electrons. The number of halogens is 3. The second-order valence-electron chi connectivity index (χ2n) is 4.66. The fourth-order valence-electron chi connectivity index (χ4n) is 1.91. The number of benzene rings is 1. The van der Waals surface area contributed by atoms with Crippen molar-refractivity contribution in [1.29, 1.82) is 0 Å². The highest BCUT2D eigenvalue weighted by atomic mass is 19.4. The summed E-state index contributed by atoms with van der Waals surface area (Å²) in [5.41, 5.74) is -0.741. The van der Waals surface area contributed by atoms with E-state index in [4.69, 9.17) is 14.2 Å². The lowest BCUT2D eigenvalue weighted by Crippen LogP contribution is -2.20. The molecule has 1 saturated heterocycles. The minimum atomic E-state index is -4.46. The molecule has 0 amide bonds. The van der Waals surface area contributed by atoms with Gasteiger partial charge < -0.3 is 14.2 Å². The molecule has 5 nitrogen and oxygen atoms in total. The molecular weight excluding hydrogens is 315 g/mol. The van der Waals surface area contributed by atoms with E-state index in [0.29, 0.717) is 0 Å². The van der Waals surface area contributed by atoms with Crippen molar-refractivity contribution >= 4 is 17.6 Å². The van der Waals surface area contributed by atoms with Crippen molar-refractivity contribution in [3.05, 3.63) is 29.8 Å². The van der Waals surface area contributed by atoms with Crippen LogP contribution in [0.4, 0.5) is 18.9 Å². The number of ether oxygens (including phenoxy) is 3. The largest absolute Gasteiger partial charge is 0.479 e. The molecule has 0 aromatic heterocycles. The molecule has 2 unspecified atom stereocenters. The van der Waals surface area contributed by atoms with E-state index in [9.17, 15) is 18.0 Å². The summed E-state index contributed by atoms with van der Waals surface area (Å²) in [5, 5.41) is 0. The van der Waals surface area contributed by atoms with Crippen LogP contribution in [-0.2, 0) is 25.2 Å². The van der Waals surface area contributed by atoms with Crippen molar-refractivity contribution in [1.82, 2.24) is 0 Å². The maximum Gasteiger partial charge on any atom is 0.416 e. The molecule has 23 heavy (non-hydrogen) atoms. The SMILES string of the molecule is CCOC(=O)C1OC1C(=Nc1cccc(C(F)(F)F)c1)OCC. The van der Waals surface area contributed by atoms with E-state index in [0.717, 1.165) is 12.1 Å². The minimum absolute atomic E-state index is 0.0601. The Morgan fingerprint density at radius 2 is 1.91 bits per heavy atom. The van der Waals surface area contributed by atoms with Crippen molar-refractivity contribution in [2.24, 2.45) is 4.99 Å². The van der Waals surface area contributed by atoms with Gasteiger partial charge in [0, 0.05) is 0 Å². The highest BCUT2D eigenvalue weighted by Crippen LogP contribution is 2.32. The number of carbonyl (C=O) groups excluding carboxylic acids is 1. The van der Waals surface area contributed by atoms with Crippen LogP contribution in [0.15, 0.2) is 29.3 Å². The molecule has 0 spiro atoms. The van der Waals surface area contributed by atoms with Crippen LogP contribution >= 0.6 is 0 Å². The van der Waals surface area contributed by atoms with Crippen molar-refractivity contribution in [2.45, 2.75) is 32.2 Å². The van der Waals surface area contributed by atoms with Gasteiger partial charge in [-0.05, 0) is 32.0 Å². The standard InChI is InChI=1S/C15H16F3NO4/c1-3-21-13(11-12(23-11)14(20)22-4-2)19-10-7-5-6-9(8-10)15(16,17)18/h5-8,11-12H,3-4H2,1-2H3. The predicted molar refractivity (Wildman–Crippen MR) is 75.5 cm³/mol. The van der Waals surface area contributed by atoms with Gasteiger partial charge in [-0.15, -0.1) is 0 Å². The molecule has 2 atom stereocenters. The van der Waals surface area contributed by atoms with E-state index < -0.39 is 29.9 Å². The summed E-state index contributed by atoms with van der Waals surface area (Å²) in [7, 11) is 0. The molecule has 1 aromatic carbocycles. The maximum atomic E-state index is 12.7. The van der Waals surface area contributed by atoms with Gasteiger partial charge in [-0.2, -0.15) is 13.2 Å². The number of aliphatic imine (C=N–C) groups is 1. The van der Waals surface area contributed by atoms with Crippen LogP contribution in [0.2, 0.25) is 0 Å². The summed E-state index contributed by atoms with van der Waals surface area (Å²) in [6.45, 7) is 3.81. The van der Waals surface area contributed by atoms with Gasteiger partial charge in [0.25, 0.3) is 0 Å². The molecule has 1 fully saturated rings. The van der Waals surface area contributed by atoms with Gasteiger partial charge in [0.05, 0.1) is 24.5 Å². The first kappa shape index (κ1) is 17.3. The lowest BCUT2D eigenvalue weighted by atomic mass is 10.2. The monoisotopic (exact) mass is 331 g/mol. The third kappa shape index (κ3) is 4.44. The Balaban J connectivity index is 2.19. The number of carbonyl (C=O) groups is 1. The lowest BCUT2D eigenvalue weighted by molar-refractivity contribution is -0.144. The van der Waals surface area contributed by atoms with Crippen LogP contribution in [-0.4, -0.2) is 37.3 Å². The first-order valence-corrected chi connectivity index (χ1v) is 7.07. The van der Waals surface area contributed by atoms with E-state index in [1.807, 2.05) is 0 Å². The molecule has 2 rings (SSSR count). The zero-order valence-corrected chi connectivity index (χ0v) is 12.6. The molecule has 0 N–H and O–H groups in total. The summed E-state index contributed by atoms with van der Waals surface area (Å²) >= 11 is 0. The molecule has 1 heterocycles. The van der Waals surface area contributed by atoms with Gasteiger partial charge in [-0.3, -0.25) is 0 Å². The van der Waals surface area contributed by atoms with Crippen LogP contribution in [0, 0.1) is 0 Å². The van der Waals surface area contributed by atoms with Crippen molar-refractivity contribution in [3.8, 4) is 0 Å². The van der Waals surface area contributed by atoms with Gasteiger partial charge in [0.15, 0.2) is 12.2 Å². The topological polar surface area (TPSA) is 60.4 Å². The van der Waals surface area contributed by atoms with E-state index in [-0.39, 0.29) is 24.8 Å². The highest BCUT2D eigenvalue weighted by Gasteiger charge is 2.51. The molecule has 0 aliphatic carbocycles. The smallest absolute Gasteiger partial charge is 0.416 e. The molecule has 0 bridgehead atoms. The summed E-state index contributed by atoms with van der Waals surface area (Å²) in [6, 6.07) is 4.52. The van der Waals surface area contributed by atoms with E-state index in [1.165, 1.54) is 12.1 Å². The first-order valence-electron chi connectivity index (χ1n) is 7.07. The van der Waals surface area contributed by atoms with Crippen LogP contribution in [0.3, 0.4) is 0 Å². The average molecular weight is 331 g/mol. The maximum absolute atomic E-state index is 12.7. The molecule has 1 aliphatic heterocycles. The Kier molecular flexibility index (Phi) is 5.25. The zero-order chi connectivity index (χ0) is 17.0. The third-order valence-electron chi connectivity index (χ3n) is 2.96. The van der Waals surface area contributed by atoms with Crippen LogP contribution < -0.4 is 0 Å². The normalized spacial score (nSPS) is 21.0. The second-order valence-corrected chi connectivity index (χ2v) is 4.66. The third-order valence-corrected chi connectivity index (χ3v) is 2.96. The minimum Gasteiger partial charge on any atom is -0.479 e. The first-order chi connectivity index (χ1) is 10.9. The summed E-state index contributed by atoms with van der Waals surface area (Å²) in [6.07, 6.45) is -6.02. The zero-order valence-electron chi connectivity index (χ0n) is 12.6. The number of epoxide rings is 1. The summed E-state index contributed by atoms with van der Waals surface area (Å²) in [5.74, 6) is -0.487. The van der Waals surface area contributed by atoms with Crippen LogP contribution in [0.1, 0.15) is 19.4 Å². The van der Waals surface area contributed by atoms with Crippen LogP contribution in [0.5, 0.6) is 0 Å². The lowest BCUT2D eigenvalue weighted by Gasteiger charge is -2.08. The summed E-state index contributed by atoms with van der Waals surface area (Å²) in [4.78, 5) is 15.6. The fourth-order valence-corrected chi connectivity index (χ4v) is 1.91. The second kappa shape index (κ2) is 6.99. The molecule has 0 radical (unpaired) electrons. The fraction of sp³-hybridized carbons (Fsp3) is 0.467. The number of alkyl halides is 3. The Bertz CT molecular complexity index is 601. The molecule has 0 saturated carbocycles. The molecular formula is C15H16F3NO4. The molecule has 8 heteroatoms. The van der Waals surface area contributed by atoms with E-state index in [1.54, 1.807) is 13.8 Å². The molecule has 1 aromatic rings. The van der Waals surface area contributed by atoms with Gasteiger partial charge in [-0.25, -0.2) is 9.79 Å². The Labute approximate surface area is 131 Å². The van der Waals surface area contributed by atoms with Gasteiger partial charge in [0.1, 0.15) is 0 Å². The van der Waals surface area contributed by atoms with Crippen LogP contribution in [0.25, 0.3) is 0 Å². The van der Waals surface area contributed by atoms with Gasteiger partial charge in [-0.1, -0.05) is 6.07 Å². The Hall–Kier alpha value is -2.09.